The second-order valence-corrected chi connectivity index (χ2v) is 6.22. The molecule has 0 spiro atoms. The van der Waals surface area contributed by atoms with E-state index in [0.29, 0.717) is 6.42 Å². The van der Waals surface area contributed by atoms with Crippen molar-refractivity contribution < 1.29 is 22.0 Å². The monoisotopic (exact) mass is 376 g/mol. The smallest absolute Gasteiger partial charge is 0.170 e. The zero-order chi connectivity index (χ0) is 19.7. The number of aryl methyl sites for hydroxylation is 2. The van der Waals surface area contributed by atoms with Crippen LogP contribution < -0.4 is 0 Å². The summed E-state index contributed by atoms with van der Waals surface area (Å²) in [6.07, 6.45) is 1.02. The molecular formula is C22H17F5. The van der Waals surface area contributed by atoms with E-state index >= 15 is 0 Å². The van der Waals surface area contributed by atoms with Crippen LogP contribution in [0.25, 0.3) is 22.4 Å². The van der Waals surface area contributed by atoms with Crippen LogP contribution in [0, 0.1) is 17.5 Å². The molecule has 0 aliphatic carbocycles. The summed E-state index contributed by atoms with van der Waals surface area (Å²) >= 11 is 0. The molecule has 3 rings (SSSR count). The van der Waals surface area contributed by atoms with Gasteiger partial charge in [0.05, 0.1) is 10.9 Å². The van der Waals surface area contributed by atoms with Crippen LogP contribution in [0.2, 0.25) is 0 Å². The lowest BCUT2D eigenvalue weighted by Gasteiger charge is -2.10. The number of benzene rings is 3. The highest BCUT2D eigenvalue weighted by Gasteiger charge is 2.23. The van der Waals surface area contributed by atoms with Gasteiger partial charge in [-0.1, -0.05) is 50.2 Å². The molecule has 0 bridgehead atoms. The number of fused-ring (bicyclic) bond motifs is 1. The maximum Gasteiger partial charge on any atom is 0.170 e. The Hall–Kier alpha value is -2.69. The Morgan fingerprint density at radius 3 is 2.00 bits per heavy atom. The Labute approximate surface area is 153 Å². The van der Waals surface area contributed by atoms with E-state index < -0.39 is 40.1 Å². The van der Waals surface area contributed by atoms with Crippen molar-refractivity contribution in [1.29, 1.82) is 0 Å². The average Bonchev–Trinajstić information content (AvgIpc) is 2.69. The first-order valence-corrected chi connectivity index (χ1v) is 8.63. The minimum atomic E-state index is -1.62. The highest BCUT2D eigenvalue weighted by Crippen LogP contribution is 2.35. The van der Waals surface area contributed by atoms with Gasteiger partial charge in [0.2, 0.25) is 0 Å². The van der Waals surface area contributed by atoms with Crippen molar-refractivity contribution in [1.82, 2.24) is 0 Å². The highest BCUT2D eigenvalue weighted by molar-refractivity contribution is 5.91. The molecule has 3 aromatic carbocycles. The van der Waals surface area contributed by atoms with Gasteiger partial charge in [0, 0.05) is 5.56 Å². The minimum absolute atomic E-state index is 0.0390. The van der Waals surface area contributed by atoms with Gasteiger partial charge in [0.25, 0.3) is 0 Å². The van der Waals surface area contributed by atoms with Crippen LogP contribution in [-0.2, 0) is 12.8 Å². The molecule has 0 saturated heterocycles. The molecule has 27 heavy (non-hydrogen) atoms. The van der Waals surface area contributed by atoms with Crippen molar-refractivity contribution >= 4 is 22.4 Å². The molecule has 0 unspecified atom stereocenters. The first kappa shape index (κ1) is 19.1. The fourth-order valence-corrected chi connectivity index (χ4v) is 2.99. The number of halogens is 5. The zero-order valence-electron chi connectivity index (χ0n) is 14.8. The molecule has 0 aliphatic rings. The first-order valence-electron chi connectivity index (χ1n) is 8.63. The topological polar surface area (TPSA) is 0 Å². The predicted octanol–water partition coefficient (Wildman–Crippen LogP) is 7.15. The maximum absolute atomic E-state index is 14.6. The molecule has 140 valence electrons. The van der Waals surface area contributed by atoms with Crippen LogP contribution in [0.15, 0.2) is 42.5 Å². The second kappa shape index (κ2) is 7.51. The molecule has 0 amide bonds. The Kier molecular flexibility index (Phi) is 5.31. The van der Waals surface area contributed by atoms with Crippen molar-refractivity contribution in [2.45, 2.75) is 26.7 Å². The molecule has 0 heterocycles. The molecule has 3 aromatic rings. The van der Waals surface area contributed by atoms with Gasteiger partial charge in [-0.15, -0.1) is 0 Å². The van der Waals surface area contributed by atoms with E-state index in [9.17, 15) is 22.0 Å². The fourth-order valence-electron chi connectivity index (χ4n) is 2.99. The molecular weight excluding hydrogens is 359 g/mol. The van der Waals surface area contributed by atoms with E-state index in [0.717, 1.165) is 18.1 Å². The summed E-state index contributed by atoms with van der Waals surface area (Å²) in [5.41, 5.74) is 0.182. The summed E-state index contributed by atoms with van der Waals surface area (Å²) in [5, 5.41) is -0.598. The summed E-state index contributed by atoms with van der Waals surface area (Å²) in [6.45, 7) is 3.59. The van der Waals surface area contributed by atoms with Gasteiger partial charge in [-0.2, -0.15) is 0 Å². The summed E-state index contributed by atoms with van der Waals surface area (Å²) in [4.78, 5) is 0. The third kappa shape index (κ3) is 3.34. The SMILES string of the molecule is CCc1ccc(C(F)=C(F)c2cc3ccc(CC)c(F)c3c(F)c2F)cc1. The lowest BCUT2D eigenvalue weighted by Crippen LogP contribution is -1.99. The van der Waals surface area contributed by atoms with Gasteiger partial charge in [0.1, 0.15) is 5.82 Å². The Bertz CT molecular complexity index is 1030. The largest absolute Gasteiger partial charge is 0.206 e. The fraction of sp³-hybridized carbons (Fsp3) is 0.182. The Morgan fingerprint density at radius 1 is 0.741 bits per heavy atom. The number of rotatable bonds is 4. The van der Waals surface area contributed by atoms with Crippen LogP contribution in [0.4, 0.5) is 22.0 Å². The Morgan fingerprint density at radius 2 is 1.41 bits per heavy atom. The summed E-state index contributed by atoms with van der Waals surface area (Å²) < 4.78 is 72.3. The second-order valence-electron chi connectivity index (χ2n) is 6.22. The van der Waals surface area contributed by atoms with Crippen molar-refractivity contribution in [3.63, 3.8) is 0 Å². The van der Waals surface area contributed by atoms with Crippen LogP contribution in [0.5, 0.6) is 0 Å². The molecule has 0 fully saturated rings. The standard InChI is InChI=1S/C22H17F5/c1-3-12-5-7-14(8-6-12)19(24)20(25)16-11-15-10-9-13(4-2)18(23)17(15)22(27)21(16)26/h5-11H,3-4H2,1-2H3. The van der Waals surface area contributed by atoms with Crippen LogP contribution in [-0.4, -0.2) is 0 Å². The lowest BCUT2D eigenvalue weighted by atomic mass is 9.99. The van der Waals surface area contributed by atoms with E-state index in [1.54, 1.807) is 19.1 Å². The molecule has 0 atom stereocenters. The van der Waals surface area contributed by atoms with Gasteiger partial charge >= 0.3 is 0 Å². The molecule has 0 nitrogen and oxygen atoms in total. The number of hydrogen-bond acceptors (Lipinski definition) is 0. The van der Waals surface area contributed by atoms with E-state index in [1.807, 2.05) is 6.92 Å². The predicted molar refractivity (Wildman–Crippen MR) is 98.1 cm³/mol. The van der Waals surface area contributed by atoms with Gasteiger partial charge in [0.15, 0.2) is 23.3 Å². The van der Waals surface area contributed by atoms with Crippen LogP contribution >= 0.6 is 0 Å². The molecule has 0 aromatic heterocycles. The van der Waals surface area contributed by atoms with Crippen LogP contribution in [0.3, 0.4) is 0 Å². The molecule has 0 aliphatic heterocycles. The third-order valence-electron chi connectivity index (χ3n) is 4.63. The van der Waals surface area contributed by atoms with Gasteiger partial charge < -0.3 is 0 Å². The molecule has 5 heteroatoms. The summed E-state index contributed by atoms with van der Waals surface area (Å²) in [5.74, 6) is -6.87. The summed E-state index contributed by atoms with van der Waals surface area (Å²) in [6, 6.07) is 9.70. The maximum atomic E-state index is 14.6. The van der Waals surface area contributed by atoms with E-state index in [2.05, 4.69) is 0 Å². The quantitative estimate of drug-likeness (QED) is 0.335. The first-order chi connectivity index (χ1) is 12.9. The van der Waals surface area contributed by atoms with Crippen molar-refractivity contribution in [3.05, 3.63) is 82.2 Å². The molecule has 0 N–H and O–H groups in total. The van der Waals surface area contributed by atoms with Crippen LogP contribution in [0.1, 0.15) is 36.1 Å². The van der Waals surface area contributed by atoms with Gasteiger partial charge in [-0.25, -0.2) is 22.0 Å². The minimum Gasteiger partial charge on any atom is -0.206 e. The highest BCUT2D eigenvalue weighted by atomic mass is 19.2. The van der Waals surface area contributed by atoms with E-state index in [4.69, 9.17) is 0 Å². The lowest BCUT2D eigenvalue weighted by molar-refractivity contribution is 0.505. The Balaban J connectivity index is 2.19. The van der Waals surface area contributed by atoms with E-state index in [1.165, 1.54) is 24.3 Å². The normalized spacial score (nSPS) is 12.4. The number of hydrogen-bond donors (Lipinski definition) is 0. The zero-order valence-corrected chi connectivity index (χ0v) is 14.8. The third-order valence-corrected chi connectivity index (χ3v) is 4.63. The summed E-state index contributed by atoms with van der Waals surface area (Å²) in [7, 11) is 0. The molecule has 0 saturated carbocycles. The van der Waals surface area contributed by atoms with Gasteiger partial charge in [-0.05, 0) is 35.4 Å². The van der Waals surface area contributed by atoms with Gasteiger partial charge in [-0.3, -0.25) is 0 Å². The van der Waals surface area contributed by atoms with Crippen molar-refractivity contribution in [2.75, 3.05) is 0 Å². The van der Waals surface area contributed by atoms with E-state index in [-0.39, 0.29) is 16.5 Å². The molecule has 0 radical (unpaired) electrons. The van der Waals surface area contributed by atoms with Crippen molar-refractivity contribution in [3.8, 4) is 0 Å². The van der Waals surface area contributed by atoms with Crippen molar-refractivity contribution in [2.24, 2.45) is 0 Å². The average molecular weight is 376 g/mol.